The summed E-state index contributed by atoms with van der Waals surface area (Å²) in [5.41, 5.74) is 5.56. The molecule has 2 aromatic rings. The summed E-state index contributed by atoms with van der Waals surface area (Å²) >= 11 is 0. The van der Waals surface area contributed by atoms with Crippen molar-refractivity contribution in [2.45, 2.75) is 39.7 Å². The van der Waals surface area contributed by atoms with E-state index in [1.807, 2.05) is 18.2 Å². The number of rotatable bonds is 3. The highest BCUT2D eigenvalue weighted by Gasteiger charge is 2.31. The molecule has 0 bridgehead atoms. The van der Waals surface area contributed by atoms with Gasteiger partial charge in [0.25, 0.3) is 0 Å². The topological polar surface area (TPSA) is 32.3 Å². The van der Waals surface area contributed by atoms with Gasteiger partial charge in [0.15, 0.2) is 0 Å². The molecule has 1 aliphatic heterocycles. The van der Waals surface area contributed by atoms with Crippen molar-refractivity contribution >= 4 is 17.3 Å². The van der Waals surface area contributed by atoms with Gasteiger partial charge < -0.3 is 10.2 Å². The number of aryl methyl sites for hydroxylation is 3. The van der Waals surface area contributed by atoms with E-state index < -0.39 is 0 Å². The Balaban J connectivity index is 1.81. The van der Waals surface area contributed by atoms with Gasteiger partial charge in [-0.15, -0.1) is 0 Å². The first-order valence-corrected chi connectivity index (χ1v) is 8.26. The Bertz CT molecular complexity index is 686. The molecule has 1 saturated heterocycles. The molecule has 0 aromatic heterocycles. The normalized spacial score (nSPS) is 17.3. The molecule has 1 heterocycles. The van der Waals surface area contributed by atoms with Crippen LogP contribution in [-0.2, 0) is 4.79 Å². The number of benzene rings is 2. The van der Waals surface area contributed by atoms with Crippen LogP contribution in [0.5, 0.6) is 0 Å². The molecule has 2 aromatic carbocycles. The molecule has 0 spiro atoms. The summed E-state index contributed by atoms with van der Waals surface area (Å²) in [6.45, 7) is 7.13. The molecule has 3 rings (SSSR count). The van der Waals surface area contributed by atoms with E-state index in [9.17, 15) is 4.79 Å². The lowest BCUT2D eigenvalue weighted by atomic mass is 10.0. The Morgan fingerprint density at radius 3 is 2.39 bits per heavy atom. The fraction of sp³-hybridized carbons (Fsp3) is 0.350. The molecule has 0 radical (unpaired) electrons. The smallest absolute Gasteiger partial charge is 0.247 e. The van der Waals surface area contributed by atoms with E-state index in [1.54, 1.807) is 0 Å². The van der Waals surface area contributed by atoms with Gasteiger partial charge in [-0.05, 0) is 56.9 Å². The lowest BCUT2D eigenvalue weighted by molar-refractivity contribution is -0.117. The maximum Gasteiger partial charge on any atom is 0.247 e. The van der Waals surface area contributed by atoms with Crippen molar-refractivity contribution < 1.29 is 4.79 Å². The Hall–Kier alpha value is -2.29. The summed E-state index contributed by atoms with van der Waals surface area (Å²) in [4.78, 5) is 15.1. The van der Waals surface area contributed by atoms with Gasteiger partial charge in [0.05, 0.1) is 0 Å². The zero-order valence-electron chi connectivity index (χ0n) is 14.1. The van der Waals surface area contributed by atoms with Crippen LogP contribution in [0, 0.1) is 20.8 Å². The minimum Gasteiger partial charge on any atom is -0.360 e. The fourth-order valence-electron chi connectivity index (χ4n) is 3.55. The molecular weight excluding hydrogens is 284 g/mol. The highest BCUT2D eigenvalue weighted by molar-refractivity contribution is 5.98. The minimum absolute atomic E-state index is 0.0856. The molecule has 0 saturated carbocycles. The van der Waals surface area contributed by atoms with Crippen LogP contribution in [0.3, 0.4) is 0 Å². The van der Waals surface area contributed by atoms with Crippen molar-refractivity contribution in [2.75, 3.05) is 16.8 Å². The second-order valence-corrected chi connectivity index (χ2v) is 6.45. The number of anilines is 2. The van der Waals surface area contributed by atoms with Crippen molar-refractivity contribution in [2.24, 2.45) is 0 Å². The number of para-hydroxylation sites is 1. The number of nitrogens with zero attached hydrogens (tertiary/aromatic N) is 1. The van der Waals surface area contributed by atoms with Crippen LogP contribution >= 0.6 is 0 Å². The number of carbonyl (C=O) groups excluding carboxylic acids is 1. The van der Waals surface area contributed by atoms with E-state index in [0.29, 0.717) is 0 Å². The SMILES string of the molecule is Cc1cc(C)c(NC(=O)[C@H]2CCCN2c2ccccc2)c(C)c1. The Morgan fingerprint density at radius 1 is 1.09 bits per heavy atom. The van der Waals surface area contributed by atoms with Gasteiger partial charge >= 0.3 is 0 Å². The zero-order valence-corrected chi connectivity index (χ0v) is 14.1. The van der Waals surface area contributed by atoms with Crippen LogP contribution in [0.2, 0.25) is 0 Å². The minimum atomic E-state index is -0.0856. The lowest BCUT2D eigenvalue weighted by Gasteiger charge is -2.26. The lowest BCUT2D eigenvalue weighted by Crippen LogP contribution is -2.40. The van der Waals surface area contributed by atoms with E-state index in [4.69, 9.17) is 0 Å². The highest BCUT2D eigenvalue weighted by Crippen LogP contribution is 2.28. The monoisotopic (exact) mass is 308 g/mol. The largest absolute Gasteiger partial charge is 0.360 e. The van der Waals surface area contributed by atoms with Gasteiger partial charge in [0.2, 0.25) is 5.91 Å². The molecule has 0 aliphatic carbocycles. The molecule has 1 fully saturated rings. The molecule has 3 nitrogen and oxygen atoms in total. The van der Waals surface area contributed by atoms with Crippen molar-refractivity contribution in [3.05, 3.63) is 59.2 Å². The Labute approximate surface area is 138 Å². The van der Waals surface area contributed by atoms with Gasteiger partial charge in [-0.25, -0.2) is 0 Å². The number of hydrogen-bond acceptors (Lipinski definition) is 2. The number of nitrogens with one attached hydrogen (secondary N) is 1. The van der Waals surface area contributed by atoms with Crippen LogP contribution in [0.4, 0.5) is 11.4 Å². The highest BCUT2D eigenvalue weighted by atomic mass is 16.2. The first-order valence-electron chi connectivity index (χ1n) is 8.26. The van der Waals surface area contributed by atoms with Gasteiger partial charge in [-0.3, -0.25) is 4.79 Å². The van der Waals surface area contributed by atoms with E-state index in [-0.39, 0.29) is 11.9 Å². The average Bonchev–Trinajstić information content (AvgIpc) is 3.01. The zero-order chi connectivity index (χ0) is 16.4. The molecular formula is C20H24N2O. The van der Waals surface area contributed by atoms with E-state index in [0.717, 1.165) is 41.9 Å². The third kappa shape index (κ3) is 3.24. The fourth-order valence-corrected chi connectivity index (χ4v) is 3.55. The summed E-state index contributed by atoms with van der Waals surface area (Å²) in [6, 6.07) is 14.4. The predicted molar refractivity (Wildman–Crippen MR) is 96.1 cm³/mol. The molecule has 23 heavy (non-hydrogen) atoms. The molecule has 3 heteroatoms. The quantitative estimate of drug-likeness (QED) is 0.921. The molecule has 1 amide bonds. The molecule has 1 aliphatic rings. The van der Waals surface area contributed by atoms with Crippen LogP contribution < -0.4 is 10.2 Å². The predicted octanol–water partition coefficient (Wildman–Crippen LogP) is 4.22. The molecule has 1 atom stereocenters. The number of carbonyl (C=O) groups is 1. The standard InChI is InChI=1S/C20H24N2O/c1-14-12-15(2)19(16(3)13-14)21-20(23)18-10-7-11-22(18)17-8-5-4-6-9-17/h4-6,8-9,12-13,18H,7,10-11H2,1-3H3,(H,21,23)/t18-/m1/s1. The van der Waals surface area contributed by atoms with Crippen molar-refractivity contribution in [3.8, 4) is 0 Å². The Kier molecular flexibility index (Phi) is 4.37. The van der Waals surface area contributed by atoms with Crippen LogP contribution in [0.1, 0.15) is 29.5 Å². The average molecular weight is 308 g/mol. The van der Waals surface area contributed by atoms with E-state index in [2.05, 4.69) is 55.3 Å². The van der Waals surface area contributed by atoms with Gasteiger partial charge in [-0.1, -0.05) is 35.9 Å². The first kappa shape index (κ1) is 15.6. The molecule has 120 valence electrons. The van der Waals surface area contributed by atoms with Gasteiger partial charge in [-0.2, -0.15) is 0 Å². The van der Waals surface area contributed by atoms with E-state index in [1.165, 1.54) is 5.56 Å². The third-order valence-electron chi connectivity index (χ3n) is 4.57. The van der Waals surface area contributed by atoms with Gasteiger partial charge in [0, 0.05) is 17.9 Å². The second kappa shape index (κ2) is 6.45. The van der Waals surface area contributed by atoms with Crippen LogP contribution in [-0.4, -0.2) is 18.5 Å². The number of hydrogen-bond donors (Lipinski definition) is 1. The van der Waals surface area contributed by atoms with Crippen molar-refractivity contribution in [1.29, 1.82) is 0 Å². The maximum absolute atomic E-state index is 12.8. The number of amides is 1. The summed E-state index contributed by atoms with van der Waals surface area (Å²) in [5, 5.41) is 3.17. The first-order chi connectivity index (χ1) is 11.1. The summed E-state index contributed by atoms with van der Waals surface area (Å²) in [5.74, 6) is 0.0985. The third-order valence-corrected chi connectivity index (χ3v) is 4.57. The summed E-state index contributed by atoms with van der Waals surface area (Å²) in [6.07, 6.45) is 1.96. The van der Waals surface area contributed by atoms with Gasteiger partial charge in [0.1, 0.15) is 6.04 Å². The second-order valence-electron chi connectivity index (χ2n) is 6.45. The van der Waals surface area contributed by atoms with Crippen LogP contribution in [0.15, 0.2) is 42.5 Å². The van der Waals surface area contributed by atoms with Crippen molar-refractivity contribution in [3.63, 3.8) is 0 Å². The molecule has 0 unspecified atom stereocenters. The maximum atomic E-state index is 12.8. The van der Waals surface area contributed by atoms with E-state index >= 15 is 0 Å². The van der Waals surface area contributed by atoms with Crippen molar-refractivity contribution in [1.82, 2.24) is 0 Å². The summed E-state index contributed by atoms with van der Waals surface area (Å²) in [7, 11) is 0. The Morgan fingerprint density at radius 2 is 1.74 bits per heavy atom. The summed E-state index contributed by atoms with van der Waals surface area (Å²) < 4.78 is 0. The molecule has 1 N–H and O–H groups in total. The van der Waals surface area contributed by atoms with Crippen LogP contribution in [0.25, 0.3) is 0 Å².